The maximum Gasteiger partial charge on any atom is 0.321 e. The first-order valence-electron chi connectivity index (χ1n) is 10.0. The Kier molecular flexibility index (Phi) is 6.11. The van der Waals surface area contributed by atoms with Gasteiger partial charge in [-0.2, -0.15) is 5.10 Å². The third kappa shape index (κ3) is 4.50. The van der Waals surface area contributed by atoms with E-state index < -0.39 is 18.2 Å². The second-order valence-electron chi connectivity index (χ2n) is 7.48. The van der Waals surface area contributed by atoms with Gasteiger partial charge in [0.1, 0.15) is 12.2 Å². The number of hydrazone groups is 1. The number of amides is 1. The number of carbonyl (C=O) groups is 2. The number of carboxylic acids is 1. The van der Waals surface area contributed by atoms with Crippen molar-refractivity contribution >= 4 is 40.3 Å². The normalized spacial score (nSPS) is 17.0. The van der Waals surface area contributed by atoms with Crippen molar-refractivity contribution in [3.05, 3.63) is 65.9 Å². The first-order chi connectivity index (χ1) is 15.0. The molecule has 0 saturated heterocycles. The van der Waals surface area contributed by atoms with E-state index in [4.69, 9.17) is 0 Å². The van der Waals surface area contributed by atoms with E-state index in [-0.39, 0.29) is 5.91 Å². The molecule has 160 valence electrons. The largest absolute Gasteiger partial charge is 0.480 e. The zero-order chi connectivity index (χ0) is 22.0. The minimum atomic E-state index is -0.966. The number of hydrogen-bond donors (Lipinski definition) is 3. The summed E-state index contributed by atoms with van der Waals surface area (Å²) in [5, 5.41) is 19.8. The smallest absolute Gasteiger partial charge is 0.321 e. The van der Waals surface area contributed by atoms with E-state index in [1.807, 2.05) is 61.0 Å². The Bertz CT molecular complexity index is 1140. The van der Waals surface area contributed by atoms with Crippen LogP contribution in [0.4, 0.5) is 0 Å². The van der Waals surface area contributed by atoms with Gasteiger partial charge in [0.05, 0.1) is 5.71 Å². The van der Waals surface area contributed by atoms with E-state index in [9.17, 15) is 14.7 Å². The molecule has 1 aliphatic rings. The first-order valence-corrected chi connectivity index (χ1v) is 11.2. The lowest BCUT2D eigenvalue weighted by Crippen LogP contribution is -2.51. The number of benzene rings is 2. The molecule has 1 aliphatic heterocycles. The Morgan fingerprint density at radius 1 is 1.26 bits per heavy atom. The van der Waals surface area contributed by atoms with Crippen LogP contribution in [0, 0.1) is 0 Å². The number of hydrogen-bond acceptors (Lipinski definition) is 5. The van der Waals surface area contributed by atoms with Gasteiger partial charge in [-0.15, -0.1) is 11.8 Å². The summed E-state index contributed by atoms with van der Waals surface area (Å²) in [7, 11) is 0. The number of thioether (sulfide) groups is 1. The maximum atomic E-state index is 12.2. The summed E-state index contributed by atoms with van der Waals surface area (Å²) in [5.41, 5.74) is 3.57. The number of carbonyl (C=O) groups excluding carboxylic acids is 1. The lowest BCUT2D eigenvalue weighted by molar-refractivity contribution is -0.141. The number of carboxylic acid groups (broad SMARTS) is 1. The number of H-pyrrole nitrogens is 1. The van der Waals surface area contributed by atoms with Crippen molar-refractivity contribution in [3.63, 3.8) is 0 Å². The van der Waals surface area contributed by atoms with Gasteiger partial charge in [-0.25, -0.2) is 5.01 Å². The minimum absolute atomic E-state index is 0.232. The van der Waals surface area contributed by atoms with Gasteiger partial charge >= 0.3 is 5.97 Å². The highest BCUT2D eigenvalue weighted by molar-refractivity contribution is 7.98. The molecule has 0 spiro atoms. The predicted molar refractivity (Wildman–Crippen MR) is 122 cm³/mol. The Morgan fingerprint density at radius 3 is 2.68 bits per heavy atom. The van der Waals surface area contributed by atoms with Crippen LogP contribution in [0.3, 0.4) is 0 Å². The Hall–Kier alpha value is -3.10. The standard InChI is InChI=1S/C23H24N4O3S/c1-14(28)27-22(12-20(26-27)15-7-9-17(31-2)10-8-15)25-21(23(29)30)11-16-13-24-19-6-4-3-5-18(16)19/h3-10,13,21-22,24-25H,11-12H2,1-2H3,(H,29,30)/t21-,22-/m1/s1. The fourth-order valence-electron chi connectivity index (χ4n) is 3.86. The molecule has 1 aromatic heterocycles. The van der Waals surface area contributed by atoms with Crippen molar-refractivity contribution in [2.45, 2.75) is 36.9 Å². The van der Waals surface area contributed by atoms with Crippen LogP contribution in [-0.2, 0) is 16.0 Å². The van der Waals surface area contributed by atoms with E-state index in [1.54, 1.807) is 11.8 Å². The number of nitrogens with one attached hydrogen (secondary N) is 2. The molecule has 3 aromatic rings. The van der Waals surface area contributed by atoms with E-state index in [2.05, 4.69) is 15.4 Å². The van der Waals surface area contributed by atoms with Crippen LogP contribution < -0.4 is 5.32 Å². The molecule has 31 heavy (non-hydrogen) atoms. The van der Waals surface area contributed by atoms with Crippen molar-refractivity contribution in [2.75, 3.05) is 6.26 Å². The maximum absolute atomic E-state index is 12.2. The average Bonchev–Trinajstić information content (AvgIpc) is 3.38. The van der Waals surface area contributed by atoms with Gasteiger partial charge in [0.25, 0.3) is 0 Å². The van der Waals surface area contributed by atoms with Gasteiger partial charge in [-0.3, -0.25) is 14.9 Å². The van der Waals surface area contributed by atoms with Crippen LogP contribution in [0.2, 0.25) is 0 Å². The summed E-state index contributed by atoms with van der Waals surface area (Å²) in [5.74, 6) is -1.20. The topological polar surface area (TPSA) is 97.8 Å². The number of fused-ring (bicyclic) bond motifs is 1. The van der Waals surface area contributed by atoms with Crippen LogP contribution in [-0.4, -0.2) is 51.2 Å². The summed E-state index contributed by atoms with van der Waals surface area (Å²) in [6.07, 6.45) is 4.07. The first kappa shape index (κ1) is 21.1. The van der Waals surface area contributed by atoms with Crippen molar-refractivity contribution in [1.82, 2.24) is 15.3 Å². The number of para-hydroxylation sites is 1. The summed E-state index contributed by atoms with van der Waals surface area (Å²) < 4.78 is 0. The molecule has 1 amide bonds. The lowest BCUT2D eigenvalue weighted by Gasteiger charge is -2.25. The summed E-state index contributed by atoms with van der Waals surface area (Å²) in [6.45, 7) is 1.44. The van der Waals surface area contributed by atoms with E-state index in [0.717, 1.165) is 32.6 Å². The fraction of sp³-hybridized carbons (Fsp3) is 0.261. The Morgan fingerprint density at radius 2 is 2.00 bits per heavy atom. The molecule has 2 aromatic carbocycles. The molecule has 0 fully saturated rings. The molecule has 3 N–H and O–H groups in total. The molecule has 0 bridgehead atoms. The average molecular weight is 437 g/mol. The number of rotatable bonds is 7. The van der Waals surface area contributed by atoms with E-state index in [1.165, 1.54) is 11.9 Å². The quantitative estimate of drug-likeness (QED) is 0.493. The highest BCUT2D eigenvalue weighted by atomic mass is 32.2. The fourth-order valence-corrected chi connectivity index (χ4v) is 4.27. The van der Waals surface area contributed by atoms with Crippen LogP contribution in [0.15, 0.2) is 64.7 Å². The van der Waals surface area contributed by atoms with Gasteiger partial charge in [-0.05, 0) is 35.6 Å². The van der Waals surface area contributed by atoms with Crippen LogP contribution in [0.1, 0.15) is 24.5 Å². The third-order valence-corrected chi connectivity index (χ3v) is 6.19. The molecular formula is C23H24N4O3S. The van der Waals surface area contributed by atoms with Gasteiger partial charge in [0.2, 0.25) is 5.91 Å². The molecule has 0 saturated carbocycles. The minimum Gasteiger partial charge on any atom is -0.480 e. The molecule has 2 heterocycles. The monoisotopic (exact) mass is 436 g/mol. The molecule has 0 unspecified atom stereocenters. The summed E-state index contributed by atoms with van der Waals surface area (Å²) in [4.78, 5) is 28.6. The molecular weight excluding hydrogens is 412 g/mol. The van der Waals surface area contributed by atoms with Crippen LogP contribution >= 0.6 is 11.8 Å². The van der Waals surface area contributed by atoms with Crippen LogP contribution in [0.25, 0.3) is 10.9 Å². The molecule has 0 aliphatic carbocycles. The number of aromatic amines is 1. The van der Waals surface area contributed by atoms with Crippen molar-refractivity contribution < 1.29 is 14.7 Å². The van der Waals surface area contributed by atoms with E-state index in [0.29, 0.717) is 12.8 Å². The lowest BCUT2D eigenvalue weighted by atomic mass is 10.0. The third-order valence-electron chi connectivity index (χ3n) is 5.45. The number of aromatic nitrogens is 1. The van der Waals surface area contributed by atoms with Gasteiger partial charge in [0, 0.05) is 41.8 Å². The van der Waals surface area contributed by atoms with Crippen LogP contribution in [0.5, 0.6) is 0 Å². The van der Waals surface area contributed by atoms with E-state index >= 15 is 0 Å². The Labute approximate surface area is 184 Å². The molecule has 2 atom stereocenters. The zero-order valence-corrected chi connectivity index (χ0v) is 18.1. The number of nitrogens with zero attached hydrogens (tertiary/aromatic N) is 2. The van der Waals surface area contributed by atoms with Gasteiger partial charge in [0.15, 0.2) is 0 Å². The zero-order valence-electron chi connectivity index (χ0n) is 17.3. The molecule has 4 rings (SSSR count). The van der Waals surface area contributed by atoms with Crippen molar-refractivity contribution in [2.24, 2.45) is 5.10 Å². The molecule has 0 radical (unpaired) electrons. The SMILES string of the molecule is CSc1ccc(C2=NN(C(C)=O)[C@@H](N[C@H](Cc3c[nH]c4ccccc34)C(=O)O)C2)cc1. The van der Waals surface area contributed by atoms with Gasteiger partial charge in [-0.1, -0.05) is 30.3 Å². The van der Waals surface area contributed by atoms with Gasteiger partial charge < -0.3 is 10.1 Å². The highest BCUT2D eigenvalue weighted by Crippen LogP contribution is 2.23. The van der Waals surface area contributed by atoms with Crippen molar-refractivity contribution in [3.8, 4) is 0 Å². The second-order valence-corrected chi connectivity index (χ2v) is 8.36. The molecule has 7 nitrogen and oxygen atoms in total. The van der Waals surface area contributed by atoms with Crippen molar-refractivity contribution in [1.29, 1.82) is 0 Å². The molecule has 8 heteroatoms. The second kappa shape index (κ2) is 8.95. The Balaban J connectivity index is 1.53. The predicted octanol–water partition coefficient (Wildman–Crippen LogP) is 3.46. The highest BCUT2D eigenvalue weighted by Gasteiger charge is 2.33. The summed E-state index contributed by atoms with van der Waals surface area (Å²) >= 11 is 1.66. The summed E-state index contributed by atoms with van der Waals surface area (Å²) in [6, 6.07) is 14.9. The number of aliphatic carboxylic acids is 1.